The summed E-state index contributed by atoms with van der Waals surface area (Å²) in [6, 6.07) is 23.0. The van der Waals surface area contributed by atoms with Gasteiger partial charge < -0.3 is 15.0 Å². The normalized spacial score (nSPS) is 10.6. The van der Waals surface area contributed by atoms with E-state index < -0.39 is 0 Å². The van der Waals surface area contributed by atoms with Crippen molar-refractivity contribution in [3.63, 3.8) is 0 Å². The summed E-state index contributed by atoms with van der Waals surface area (Å²) in [5, 5.41) is 5.34. The van der Waals surface area contributed by atoms with Gasteiger partial charge in [-0.25, -0.2) is 0 Å². The summed E-state index contributed by atoms with van der Waals surface area (Å²) in [5.74, 6) is 0.855. The van der Waals surface area contributed by atoms with Crippen molar-refractivity contribution < 1.29 is 9.53 Å². The first kappa shape index (κ1) is 18.8. The maximum atomic E-state index is 11.0. The van der Waals surface area contributed by atoms with Gasteiger partial charge >= 0.3 is 0 Å². The SMILES string of the molecule is CC(=O)NCCN(C)c1cccc(OCCc2ccc3ccccc3c2)c1. The predicted molar refractivity (Wildman–Crippen MR) is 112 cm³/mol. The lowest BCUT2D eigenvalue weighted by Gasteiger charge is -2.20. The number of hydrogen-bond acceptors (Lipinski definition) is 3. The second-order valence-corrected chi connectivity index (χ2v) is 6.68. The first-order valence-corrected chi connectivity index (χ1v) is 9.28. The maximum Gasteiger partial charge on any atom is 0.216 e. The zero-order valence-corrected chi connectivity index (χ0v) is 15.9. The third-order valence-electron chi connectivity index (χ3n) is 4.55. The molecule has 4 nitrogen and oxygen atoms in total. The number of nitrogens with one attached hydrogen (secondary N) is 1. The van der Waals surface area contributed by atoms with Crippen molar-refractivity contribution in [3.05, 3.63) is 72.3 Å². The predicted octanol–water partition coefficient (Wildman–Crippen LogP) is 4.03. The Hall–Kier alpha value is -3.01. The number of anilines is 1. The van der Waals surface area contributed by atoms with E-state index >= 15 is 0 Å². The van der Waals surface area contributed by atoms with Crippen molar-refractivity contribution in [1.29, 1.82) is 0 Å². The van der Waals surface area contributed by atoms with Gasteiger partial charge in [0.15, 0.2) is 0 Å². The maximum absolute atomic E-state index is 11.0. The molecule has 0 atom stereocenters. The second-order valence-electron chi connectivity index (χ2n) is 6.68. The van der Waals surface area contributed by atoms with Crippen molar-refractivity contribution in [2.24, 2.45) is 0 Å². The van der Waals surface area contributed by atoms with Crippen LogP contribution in [0.25, 0.3) is 10.8 Å². The molecule has 0 bridgehead atoms. The Morgan fingerprint density at radius 3 is 2.63 bits per heavy atom. The zero-order chi connectivity index (χ0) is 19.1. The first-order valence-electron chi connectivity index (χ1n) is 9.28. The molecule has 3 rings (SSSR count). The van der Waals surface area contributed by atoms with E-state index in [1.807, 2.05) is 31.3 Å². The summed E-state index contributed by atoms with van der Waals surface area (Å²) in [4.78, 5) is 13.1. The molecule has 140 valence electrons. The van der Waals surface area contributed by atoms with Gasteiger partial charge in [0.2, 0.25) is 5.91 Å². The Morgan fingerprint density at radius 2 is 1.81 bits per heavy atom. The quantitative estimate of drug-likeness (QED) is 0.658. The lowest BCUT2D eigenvalue weighted by molar-refractivity contribution is -0.118. The van der Waals surface area contributed by atoms with Crippen LogP contribution in [-0.4, -0.2) is 32.7 Å². The molecule has 0 aliphatic heterocycles. The average Bonchev–Trinajstić information content (AvgIpc) is 2.68. The Balaban J connectivity index is 1.53. The molecule has 0 radical (unpaired) electrons. The fourth-order valence-corrected chi connectivity index (χ4v) is 3.02. The van der Waals surface area contributed by atoms with Crippen LogP contribution in [0.3, 0.4) is 0 Å². The minimum absolute atomic E-state index is 0.00539. The number of ether oxygens (including phenoxy) is 1. The van der Waals surface area contributed by atoms with Crippen LogP contribution in [0.5, 0.6) is 5.75 Å². The average molecular weight is 362 g/mol. The van der Waals surface area contributed by atoms with Gasteiger partial charge in [-0.15, -0.1) is 0 Å². The largest absolute Gasteiger partial charge is 0.493 e. The highest BCUT2D eigenvalue weighted by atomic mass is 16.5. The van der Waals surface area contributed by atoms with Crippen LogP contribution in [0.1, 0.15) is 12.5 Å². The van der Waals surface area contributed by atoms with E-state index in [0.717, 1.165) is 24.4 Å². The Labute approximate surface area is 160 Å². The number of fused-ring (bicyclic) bond motifs is 1. The lowest BCUT2D eigenvalue weighted by Crippen LogP contribution is -2.31. The number of benzene rings is 3. The molecule has 4 heteroatoms. The highest BCUT2D eigenvalue weighted by Crippen LogP contribution is 2.21. The minimum atomic E-state index is -0.00539. The molecule has 0 saturated carbocycles. The van der Waals surface area contributed by atoms with Crippen molar-refractivity contribution in [2.75, 3.05) is 31.6 Å². The molecular formula is C23H26N2O2. The van der Waals surface area contributed by atoms with Gasteiger partial charge in [-0.1, -0.05) is 48.5 Å². The van der Waals surface area contributed by atoms with Gasteiger partial charge in [-0.2, -0.15) is 0 Å². The summed E-state index contributed by atoms with van der Waals surface area (Å²) in [6.45, 7) is 3.54. The van der Waals surface area contributed by atoms with Crippen LogP contribution in [0, 0.1) is 0 Å². The molecule has 0 fully saturated rings. The Bertz CT molecular complexity index is 908. The highest BCUT2D eigenvalue weighted by Gasteiger charge is 2.04. The number of likely N-dealkylation sites (N-methyl/N-ethyl adjacent to an activating group) is 1. The number of carbonyl (C=O) groups excluding carboxylic acids is 1. The van der Waals surface area contributed by atoms with Crippen LogP contribution in [0.2, 0.25) is 0 Å². The summed E-state index contributed by atoms with van der Waals surface area (Å²) in [6.07, 6.45) is 0.868. The van der Waals surface area contributed by atoms with Gasteiger partial charge in [0.05, 0.1) is 6.61 Å². The number of rotatable bonds is 8. The van der Waals surface area contributed by atoms with Crippen LogP contribution >= 0.6 is 0 Å². The summed E-state index contributed by atoms with van der Waals surface area (Å²) in [7, 11) is 2.01. The van der Waals surface area contributed by atoms with Gasteiger partial charge in [-0.05, 0) is 28.5 Å². The molecule has 3 aromatic rings. The van der Waals surface area contributed by atoms with Crippen molar-refractivity contribution in [1.82, 2.24) is 5.32 Å². The smallest absolute Gasteiger partial charge is 0.216 e. The molecule has 0 spiro atoms. The molecule has 1 amide bonds. The van der Waals surface area contributed by atoms with Crippen LogP contribution in [0.4, 0.5) is 5.69 Å². The number of amides is 1. The van der Waals surface area contributed by atoms with Crippen molar-refractivity contribution in [3.8, 4) is 5.75 Å². The van der Waals surface area contributed by atoms with E-state index in [9.17, 15) is 4.79 Å². The van der Waals surface area contributed by atoms with Crippen molar-refractivity contribution in [2.45, 2.75) is 13.3 Å². The first-order chi connectivity index (χ1) is 13.1. The molecule has 27 heavy (non-hydrogen) atoms. The van der Waals surface area contributed by atoms with E-state index in [4.69, 9.17) is 4.74 Å². The topological polar surface area (TPSA) is 41.6 Å². The summed E-state index contributed by atoms with van der Waals surface area (Å²) < 4.78 is 5.96. The monoisotopic (exact) mass is 362 g/mol. The number of carbonyl (C=O) groups is 1. The van der Waals surface area contributed by atoms with Crippen molar-refractivity contribution >= 4 is 22.4 Å². The molecule has 3 aromatic carbocycles. The standard InChI is InChI=1S/C23H26N2O2/c1-18(26)24-13-14-25(2)22-8-5-9-23(17-22)27-15-12-19-10-11-20-6-3-4-7-21(20)16-19/h3-11,16-17H,12-15H2,1-2H3,(H,24,26). The molecule has 1 N–H and O–H groups in total. The van der Waals surface area contributed by atoms with E-state index in [1.165, 1.54) is 23.3 Å². The summed E-state index contributed by atoms with van der Waals surface area (Å²) >= 11 is 0. The number of nitrogens with zero attached hydrogens (tertiary/aromatic N) is 1. The van der Waals surface area contributed by atoms with E-state index in [-0.39, 0.29) is 5.91 Å². The fourth-order valence-electron chi connectivity index (χ4n) is 3.02. The Morgan fingerprint density at radius 1 is 1.00 bits per heavy atom. The molecule has 0 saturated heterocycles. The van der Waals surface area contributed by atoms with Crippen LogP contribution < -0.4 is 15.0 Å². The molecule has 0 heterocycles. The van der Waals surface area contributed by atoms with Gasteiger partial charge in [0, 0.05) is 45.2 Å². The van der Waals surface area contributed by atoms with Crippen LogP contribution in [0.15, 0.2) is 66.7 Å². The third kappa shape index (κ3) is 5.48. The lowest BCUT2D eigenvalue weighted by atomic mass is 10.1. The Kier molecular flexibility index (Phi) is 6.31. The van der Waals surface area contributed by atoms with Gasteiger partial charge in [0.25, 0.3) is 0 Å². The van der Waals surface area contributed by atoms with E-state index in [1.54, 1.807) is 0 Å². The highest BCUT2D eigenvalue weighted by molar-refractivity contribution is 5.83. The molecule has 0 aliphatic rings. The fraction of sp³-hybridized carbons (Fsp3) is 0.261. The minimum Gasteiger partial charge on any atom is -0.493 e. The molecule has 0 aromatic heterocycles. The van der Waals surface area contributed by atoms with Crippen LogP contribution in [-0.2, 0) is 11.2 Å². The second kappa shape index (κ2) is 9.08. The van der Waals surface area contributed by atoms with Gasteiger partial charge in [-0.3, -0.25) is 4.79 Å². The van der Waals surface area contributed by atoms with E-state index in [2.05, 4.69) is 52.7 Å². The van der Waals surface area contributed by atoms with Gasteiger partial charge in [0.1, 0.15) is 5.75 Å². The zero-order valence-electron chi connectivity index (χ0n) is 15.9. The summed E-state index contributed by atoms with van der Waals surface area (Å²) in [5.41, 5.74) is 2.35. The number of hydrogen-bond donors (Lipinski definition) is 1. The molecule has 0 aliphatic carbocycles. The third-order valence-corrected chi connectivity index (χ3v) is 4.55. The van der Waals surface area contributed by atoms with E-state index in [0.29, 0.717) is 13.2 Å². The molecule has 0 unspecified atom stereocenters. The molecular weight excluding hydrogens is 336 g/mol.